The van der Waals surface area contributed by atoms with E-state index >= 15 is 0 Å². The molecule has 0 saturated carbocycles. The molecule has 0 aromatic heterocycles. The lowest BCUT2D eigenvalue weighted by molar-refractivity contribution is 0.283. The molecule has 0 spiro atoms. The lowest BCUT2D eigenvalue weighted by Gasteiger charge is -2.10. The van der Waals surface area contributed by atoms with E-state index in [1.54, 1.807) is 0 Å². The number of benzene rings is 1. The summed E-state index contributed by atoms with van der Waals surface area (Å²) >= 11 is 0. The van der Waals surface area contributed by atoms with Crippen LogP contribution in [0.4, 0.5) is 0 Å². The number of rotatable bonds is 6. The summed E-state index contributed by atoms with van der Waals surface area (Å²) in [5.74, 6) is 0. The second-order valence-electron chi connectivity index (χ2n) is 3.98. The Morgan fingerprint density at radius 3 is 2.40 bits per heavy atom. The van der Waals surface area contributed by atoms with Gasteiger partial charge in [0, 0.05) is 13.2 Å². The monoisotopic (exact) mass is 207 g/mol. The van der Waals surface area contributed by atoms with Crippen molar-refractivity contribution >= 4 is 0 Å². The normalized spacial score (nSPS) is 10.6. The largest absolute Gasteiger partial charge is 0.396 e. The number of aryl methyl sites for hydroxylation is 2. The standard InChI is InChI=1S/C13H21NO/c1-11-6-5-7-12(2)13(11)10-14-8-3-4-9-15/h5-7,14-15H,3-4,8-10H2,1-2H3. The van der Waals surface area contributed by atoms with E-state index in [0.29, 0.717) is 6.61 Å². The van der Waals surface area contributed by atoms with Crippen LogP contribution in [0.25, 0.3) is 0 Å². The summed E-state index contributed by atoms with van der Waals surface area (Å²) in [5, 5.41) is 12.1. The van der Waals surface area contributed by atoms with Gasteiger partial charge in [0.2, 0.25) is 0 Å². The predicted molar refractivity (Wildman–Crippen MR) is 63.9 cm³/mol. The Labute approximate surface area is 92.3 Å². The highest BCUT2D eigenvalue weighted by Gasteiger charge is 2.00. The molecule has 2 N–H and O–H groups in total. The van der Waals surface area contributed by atoms with Crippen LogP contribution in [0.5, 0.6) is 0 Å². The second-order valence-corrected chi connectivity index (χ2v) is 3.98. The maximum Gasteiger partial charge on any atom is 0.0431 e. The summed E-state index contributed by atoms with van der Waals surface area (Å²) in [6.45, 7) is 6.51. The molecule has 1 aromatic rings. The van der Waals surface area contributed by atoms with E-state index in [0.717, 1.165) is 25.9 Å². The Balaban J connectivity index is 2.37. The molecule has 0 aliphatic rings. The number of unbranched alkanes of at least 4 members (excludes halogenated alkanes) is 1. The Hall–Kier alpha value is -0.860. The van der Waals surface area contributed by atoms with E-state index in [-0.39, 0.29) is 0 Å². The fraction of sp³-hybridized carbons (Fsp3) is 0.538. The van der Waals surface area contributed by atoms with Gasteiger partial charge in [-0.2, -0.15) is 0 Å². The summed E-state index contributed by atoms with van der Waals surface area (Å²) in [6, 6.07) is 6.40. The molecule has 1 aromatic carbocycles. The lowest BCUT2D eigenvalue weighted by Crippen LogP contribution is -2.16. The van der Waals surface area contributed by atoms with Gasteiger partial charge in [-0.3, -0.25) is 0 Å². The van der Waals surface area contributed by atoms with Crippen molar-refractivity contribution in [2.24, 2.45) is 0 Å². The molecule has 0 amide bonds. The highest BCUT2D eigenvalue weighted by molar-refractivity contribution is 5.33. The van der Waals surface area contributed by atoms with Gasteiger partial charge < -0.3 is 10.4 Å². The molecule has 0 bridgehead atoms. The molecule has 0 atom stereocenters. The van der Waals surface area contributed by atoms with Crippen molar-refractivity contribution in [3.8, 4) is 0 Å². The van der Waals surface area contributed by atoms with Crippen LogP contribution in [0.3, 0.4) is 0 Å². The van der Waals surface area contributed by atoms with Gasteiger partial charge >= 0.3 is 0 Å². The molecule has 0 radical (unpaired) electrons. The first-order valence-corrected chi connectivity index (χ1v) is 5.62. The second kappa shape index (κ2) is 6.59. The lowest BCUT2D eigenvalue weighted by atomic mass is 10.0. The van der Waals surface area contributed by atoms with Crippen LogP contribution in [0, 0.1) is 13.8 Å². The van der Waals surface area contributed by atoms with E-state index < -0.39 is 0 Å². The van der Waals surface area contributed by atoms with Gasteiger partial charge in [0.25, 0.3) is 0 Å². The van der Waals surface area contributed by atoms with Gasteiger partial charge in [-0.25, -0.2) is 0 Å². The molecule has 84 valence electrons. The molecule has 0 aliphatic heterocycles. The van der Waals surface area contributed by atoms with Crippen molar-refractivity contribution < 1.29 is 5.11 Å². The van der Waals surface area contributed by atoms with E-state index in [1.165, 1.54) is 16.7 Å². The van der Waals surface area contributed by atoms with Gasteiger partial charge in [0.05, 0.1) is 0 Å². The number of hydrogen-bond donors (Lipinski definition) is 2. The number of aliphatic hydroxyl groups excluding tert-OH is 1. The molecule has 0 aliphatic carbocycles. The highest BCUT2D eigenvalue weighted by atomic mass is 16.2. The fourth-order valence-electron chi connectivity index (χ4n) is 1.70. The first-order valence-electron chi connectivity index (χ1n) is 5.62. The Morgan fingerprint density at radius 2 is 1.80 bits per heavy atom. The zero-order valence-corrected chi connectivity index (χ0v) is 9.71. The van der Waals surface area contributed by atoms with Gasteiger partial charge in [0.1, 0.15) is 0 Å². The van der Waals surface area contributed by atoms with Crippen LogP contribution < -0.4 is 5.32 Å². The average Bonchev–Trinajstić information content (AvgIpc) is 2.21. The minimum absolute atomic E-state index is 0.297. The SMILES string of the molecule is Cc1cccc(C)c1CNCCCCO. The van der Waals surface area contributed by atoms with Gasteiger partial charge in [-0.05, 0) is 49.9 Å². The summed E-state index contributed by atoms with van der Waals surface area (Å²) in [4.78, 5) is 0. The third-order valence-electron chi connectivity index (χ3n) is 2.71. The Morgan fingerprint density at radius 1 is 1.13 bits per heavy atom. The zero-order valence-electron chi connectivity index (χ0n) is 9.71. The molecule has 2 nitrogen and oxygen atoms in total. The van der Waals surface area contributed by atoms with E-state index in [1.807, 2.05) is 0 Å². The number of nitrogens with one attached hydrogen (secondary N) is 1. The Kier molecular flexibility index (Phi) is 5.37. The highest BCUT2D eigenvalue weighted by Crippen LogP contribution is 2.12. The van der Waals surface area contributed by atoms with Crippen molar-refractivity contribution in [3.05, 3.63) is 34.9 Å². The van der Waals surface area contributed by atoms with E-state index in [9.17, 15) is 0 Å². The fourth-order valence-corrected chi connectivity index (χ4v) is 1.70. The Bertz CT molecular complexity index is 276. The summed E-state index contributed by atoms with van der Waals surface area (Å²) in [7, 11) is 0. The van der Waals surface area contributed by atoms with Crippen LogP contribution in [-0.4, -0.2) is 18.3 Å². The van der Waals surface area contributed by atoms with E-state index in [2.05, 4.69) is 37.4 Å². The minimum Gasteiger partial charge on any atom is -0.396 e. The third-order valence-corrected chi connectivity index (χ3v) is 2.71. The molecular weight excluding hydrogens is 186 g/mol. The summed E-state index contributed by atoms with van der Waals surface area (Å²) < 4.78 is 0. The minimum atomic E-state index is 0.297. The summed E-state index contributed by atoms with van der Waals surface area (Å²) in [6.07, 6.45) is 1.93. The topological polar surface area (TPSA) is 32.3 Å². The van der Waals surface area contributed by atoms with Gasteiger partial charge in [-0.15, -0.1) is 0 Å². The number of aliphatic hydroxyl groups is 1. The summed E-state index contributed by atoms with van der Waals surface area (Å²) in [5.41, 5.74) is 4.11. The third kappa shape index (κ3) is 4.02. The van der Waals surface area contributed by atoms with Crippen molar-refractivity contribution in [1.29, 1.82) is 0 Å². The molecule has 0 fully saturated rings. The van der Waals surface area contributed by atoms with Gasteiger partial charge in [-0.1, -0.05) is 18.2 Å². The van der Waals surface area contributed by atoms with Crippen molar-refractivity contribution in [3.63, 3.8) is 0 Å². The van der Waals surface area contributed by atoms with Crippen LogP contribution in [0.15, 0.2) is 18.2 Å². The average molecular weight is 207 g/mol. The maximum atomic E-state index is 8.64. The quantitative estimate of drug-likeness (QED) is 0.701. The molecule has 0 heterocycles. The van der Waals surface area contributed by atoms with Crippen LogP contribution >= 0.6 is 0 Å². The van der Waals surface area contributed by atoms with Crippen LogP contribution in [0.2, 0.25) is 0 Å². The first-order chi connectivity index (χ1) is 7.25. The van der Waals surface area contributed by atoms with Crippen molar-refractivity contribution in [2.45, 2.75) is 33.2 Å². The zero-order chi connectivity index (χ0) is 11.1. The van der Waals surface area contributed by atoms with Crippen LogP contribution in [0.1, 0.15) is 29.5 Å². The molecule has 0 saturated heterocycles. The van der Waals surface area contributed by atoms with Crippen LogP contribution in [-0.2, 0) is 6.54 Å². The molecule has 1 rings (SSSR count). The van der Waals surface area contributed by atoms with E-state index in [4.69, 9.17) is 5.11 Å². The molecule has 2 heteroatoms. The predicted octanol–water partition coefficient (Wildman–Crippen LogP) is 2.17. The first kappa shape index (κ1) is 12.2. The maximum absolute atomic E-state index is 8.64. The van der Waals surface area contributed by atoms with Crippen molar-refractivity contribution in [2.75, 3.05) is 13.2 Å². The number of hydrogen-bond acceptors (Lipinski definition) is 2. The molecular formula is C13H21NO. The molecule has 15 heavy (non-hydrogen) atoms. The molecule has 0 unspecified atom stereocenters. The smallest absolute Gasteiger partial charge is 0.0431 e. The van der Waals surface area contributed by atoms with Gasteiger partial charge in [0.15, 0.2) is 0 Å². The van der Waals surface area contributed by atoms with Crippen molar-refractivity contribution in [1.82, 2.24) is 5.32 Å².